The summed E-state index contributed by atoms with van der Waals surface area (Å²) in [6, 6.07) is 1.77. The molecule has 0 spiro atoms. The number of thiophene rings is 1. The van der Waals surface area contributed by atoms with Gasteiger partial charge >= 0.3 is 0 Å². The van der Waals surface area contributed by atoms with E-state index in [1.807, 2.05) is 5.38 Å². The molecule has 0 aliphatic rings. The summed E-state index contributed by atoms with van der Waals surface area (Å²) in [6.07, 6.45) is 5.00. The number of carbonyl (C=O) groups excluding carboxylic acids is 1. The van der Waals surface area contributed by atoms with Gasteiger partial charge in [-0.05, 0) is 11.4 Å². The highest BCUT2D eigenvalue weighted by Gasteiger charge is 2.16. The number of carbonyl (C=O) groups is 1. The molecule has 0 aliphatic carbocycles. The number of amides is 1. The van der Waals surface area contributed by atoms with Crippen molar-refractivity contribution in [2.75, 3.05) is 18.8 Å². The number of allylic oxidation sites excluding steroid dienone is 1. The van der Waals surface area contributed by atoms with E-state index in [4.69, 9.17) is 0 Å². The molecule has 0 radical (unpaired) electrons. The largest absolute Gasteiger partial charge is 0.335 e. The van der Waals surface area contributed by atoms with Crippen molar-refractivity contribution in [3.8, 4) is 0 Å². The molecule has 0 aromatic carbocycles. The van der Waals surface area contributed by atoms with Gasteiger partial charge in [-0.1, -0.05) is 30.0 Å². The first-order valence-corrected chi connectivity index (χ1v) is 9.20. The normalized spacial score (nSPS) is 10.5. The van der Waals surface area contributed by atoms with Crippen LogP contribution in [-0.2, 0) is 11.3 Å². The van der Waals surface area contributed by atoms with E-state index in [2.05, 4.69) is 24.7 Å². The van der Waals surface area contributed by atoms with Crippen LogP contribution in [0.4, 0.5) is 0 Å². The molecule has 2 rings (SSSR count). The molecular weight excluding hydrogens is 342 g/mol. The van der Waals surface area contributed by atoms with Crippen LogP contribution < -0.4 is 5.56 Å². The predicted molar refractivity (Wildman–Crippen MR) is 102 cm³/mol. The quantitative estimate of drug-likeness (QED) is 0.391. The van der Waals surface area contributed by atoms with Crippen molar-refractivity contribution in [3.63, 3.8) is 0 Å². The molecule has 7 heteroatoms. The fourth-order valence-electron chi connectivity index (χ4n) is 2.14. The van der Waals surface area contributed by atoms with E-state index in [0.29, 0.717) is 35.0 Å². The molecule has 0 atom stereocenters. The first kappa shape index (κ1) is 18.2. The van der Waals surface area contributed by atoms with Crippen molar-refractivity contribution in [2.45, 2.75) is 11.7 Å². The fourth-order valence-corrected chi connectivity index (χ4v) is 3.85. The summed E-state index contributed by atoms with van der Waals surface area (Å²) in [5, 5.41) is 2.96. The number of aromatic nitrogens is 2. The number of fused-ring (bicyclic) bond motifs is 1. The molecule has 1 amide bonds. The summed E-state index contributed by atoms with van der Waals surface area (Å²) < 4.78 is 1.55. The van der Waals surface area contributed by atoms with Crippen LogP contribution >= 0.6 is 23.1 Å². The van der Waals surface area contributed by atoms with Gasteiger partial charge in [-0.2, -0.15) is 0 Å². The SMILES string of the molecule is C=CCN(CC=C)C(=O)CSc1nc2sccc2c(=O)n1CC=C. The van der Waals surface area contributed by atoms with E-state index in [9.17, 15) is 9.59 Å². The van der Waals surface area contributed by atoms with Gasteiger partial charge < -0.3 is 4.90 Å². The summed E-state index contributed by atoms with van der Waals surface area (Å²) in [5.74, 6) is 0.146. The van der Waals surface area contributed by atoms with Crippen LogP contribution in [0.2, 0.25) is 0 Å². The monoisotopic (exact) mass is 361 g/mol. The smallest absolute Gasteiger partial charge is 0.263 e. The van der Waals surface area contributed by atoms with Crippen LogP contribution in [0.15, 0.2) is 59.4 Å². The van der Waals surface area contributed by atoms with Crippen LogP contribution in [0, 0.1) is 0 Å². The molecule has 0 aliphatic heterocycles. The number of nitrogens with zero attached hydrogens (tertiary/aromatic N) is 3. The maximum atomic E-state index is 12.5. The molecule has 5 nitrogen and oxygen atoms in total. The molecule has 24 heavy (non-hydrogen) atoms. The molecule has 2 aromatic heterocycles. The van der Waals surface area contributed by atoms with Crippen LogP contribution in [0.3, 0.4) is 0 Å². The van der Waals surface area contributed by atoms with Gasteiger partial charge in [-0.25, -0.2) is 4.98 Å². The fraction of sp³-hybridized carbons (Fsp3) is 0.235. The van der Waals surface area contributed by atoms with E-state index in [1.165, 1.54) is 23.1 Å². The standard InChI is InChI=1S/C17H19N3O2S2/c1-4-8-19(9-5-2)14(21)12-24-17-18-15-13(7-11-23-15)16(22)20(17)10-6-3/h4-7,11H,1-3,8-10,12H2. The summed E-state index contributed by atoms with van der Waals surface area (Å²) in [6.45, 7) is 12.3. The van der Waals surface area contributed by atoms with Crippen molar-refractivity contribution in [1.29, 1.82) is 0 Å². The van der Waals surface area contributed by atoms with Crippen molar-refractivity contribution in [1.82, 2.24) is 14.5 Å². The Hall–Kier alpha value is -2.12. The van der Waals surface area contributed by atoms with Crippen molar-refractivity contribution in [2.24, 2.45) is 0 Å². The molecule has 0 saturated carbocycles. The number of thioether (sulfide) groups is 1. The van der Waals surface area contributed by atoms with E-state index in [0.717, 1.165) is 0 Å². The first-order valence-electron chi connectivity index (χ1n) is 7.33. The maximum Gasteiger partial charge on any atom is 0.263 e. The van der Waals surface area contributed by atoms with Crippen molar-refractivity contribution in [3.05, 3.63) is 59.8 Å². The third-order valence-electron chi connectivity index (χ3n) is 3.24. The Morgan fingerprint density at radius 1 is 1.29 bits per heavy atom. The van der Waals surface area contributed by atoms with Gasteiger partial charge in [-0.3, -0.25) is 14.2 Å². The van der Waals surface area contributed by atoms with Crippen molar-refractivity contribution < 1.29 is 4.79 Å². The molecule has 2 heterocycles. The minimum absolute atomic E-state index is 0.0505. The average Bonchev–Trinajstić information content (AvgIpc) is 3.04. The lowest BCUT2D eigenvalue weighted by atomic mass is 10.4. The molecule has 0 N–H and O–H groups in total. The molecular formula is C17H19N3O2S2. The van der Waals surface area contributed by atoms with Gasteiger partial charge in [0.2, 0.25) is 5.91 Å². The van der Waals surface area contributed by atoms with Gasteiger partial charge in [0.15, 0.2) is 5.16 Å². The Labute approximate surface area is 149 Å². The highest BCUT2D eigenvalue weighted by atomic mass is 32.2. The van der Waals surface area contributed by atoms with Gasteiger partial charge in [0.25, 0.3) is 5.56 Å². The van der Waals surface area contributed by atoms with Crippen molar-refractivity contribution >= 4 is 39.2 Å². The average molecular weight is 361 g/mol. The molecule has 126 valence electrons. The van der Waals surface area contributed by atoms with Gasteiger partial charge in [-0.15, -0.1) is 31.1 Å². The van der Waals surface area contributed by atoms with E-state index in [-0.39, 0.29) is 17.2 Å². The van der Waals surface area contributed by atoms with Gasteiger partial charge in [0, 0.05) is 19.6 Å². The highest BCUT2D eigenvalue weighted by molar-refractivity contribution is 7.99. The number of rotatable bonds is 9. The third-order valence-corrected chi connectivity index (χ3v) is 5.00. The second-order valence-electron chi connectivity index (χ2n) is 4.90. The molecule has 0 unspecified atom stereocenters. The maximum absolute atomic E-state index is 12.5. The second kappa shape index (κ2) is 8.65. The minimum Gasteiger partial charge on any atom is -0.335 e. The van der Waals surface area contributed by atoms with E-state index >= 15 is 0 Å². The van der Waals surface area contributed by atoms with Crippen LogP contribution in [-0.4, -0.2) is 39.2 Å². The molecule has 0 saturated heterocycles. The summed E-state index contributed by atoms with van der Waals surface area (Å²) >= 11 is 2.67. The van der Waals surface area contributed by atoms with Crippen LogP contribution in [0.1, 0.15) is 0 Å². The second-order valence-corrected chi connectivity index (χ2v) is 6.74. The van der Waals surface area contributed by atoms with E-state index < -0.39 is 0 Å². The Bertz CT molecular complexity index is 813. The van der Waals surface area contributed by atoms with E-state index in [1.54, 1.807) is 33.8 Å². The zero-order valence-electron chi connectivity index (χ0n) is 13.3. The third kappa shape index (κ3) is 4.04. The molecule has 0 bridgehead atoms. The Kier molecular flexibility index (Phi) is 6.57. The predicted octanol–water partition coefficient (Wildman–Crippen LogP) is 2.94. The lowest BCUT2D eigenvalue weighted by molar-refractivity contribution is -0.127. The first-order chi connectivity index (χ1) is 11.6. The molecule has 2 aromatic rings. The summed E-state index contributed by atoms with van der Waals surface area (Å²) in [5.41, 5.74) is -0.106. The summed E-state index contributed by atoms with van der Waals surface area (Å²) in [7, 11) is 0. The highest BCUT2D eigenvalue weighted by Crippen LogP contribution is 2.21. The topological polar surface area (TPSA) is 55.2 Å². The Morgan fingerprint density at radius 2 is 2.00 bits per heavy atom. The molecule has 0 fully saturated rings. The van der Waals surface area contributed by atoms with Gasteiger partial charge in [0.05, 0.1) is 11.1 Å². The lowest BCUT2D eigenvalue weighted by Crippen LogP contribution is -2.33. The minimum atomic E-state index is -0.106. The Morgan fingerprint density at radius 3 is 2.62 bits per heavy atom. The van der Waals surface area contributed by atoms with Crippen LogP contribution in [0.25, 0.3) is 10.2 Å². The summed E-state index contributed by atoms with van der Waals surface area (Å²) in [4.78, 5) is 31.7. The lowest BCUT2D eigenvalue weighted by Gasteiger charge is -2.19. The zero-order chi connectivity index (χ0) is 17.5. The zero-order valence-corrected chi connectivity index (χ0v) is 14.9. The number of hydrogen-bond acceptors (Lipinski definition) is 5. The van der Waals surface area contributed by atoms with Crippen LogP contribution in [0.5, 0.6) is 0 Å². The Balaban J connectivity index is 2.25. The number of hydrogen-bond donors (Lipinski definition) is 0. The van der Waals surface area contributed by atoms with Gasteiger partial charge in [0.1, 0.15) is 4.83 Å².